The lowest BCUT2D eigenvalue weighted by Crippen LogP contribution is -2.13. The van der Waals surface area contributed by atoms with E-state index in [0.717, 1.165) is 0 Å². The van der Waals surface area contributed by atoms with Crippen molar-refractivity contribution >= 4 is 33.0 Å². The van der Waals surface area contributed by atoms with E-state index in [1.54, 1.807) is 6.92 Å². The fourth-order valence-electron chi connectivity index (χ4n) is 1.65. The lowest BCUT2D eigenvalue weighted by molar-refractivity contribution is 0.601. The van der Waals surface area contributed by atoms with Crippen LogP contribution in [0.3, 0.4) is 0 Å². The van der Waals surface area contributed by atoms with Gasteiger partial charge < -0.3 is 5.73 Å². The molecule has 0 fully saturated rings. The lowest BCUT2D eigenvalue weighted by Gasteiger charge is -2.10. The normalized spacial score (nSPS) is 11.3. The number of hydrogen-bond donors (Lipinski definition) is 2. The Balaban J connectivity index is 2.38. The number of hydrogen-bond acceptors (Lipinski definition) is 3. The van der Waals surface area contributed by atoms with E-state index in [4.69, 9.17) is 17.3 Å². The molecular weight excluding hydrogens is 303 g/mol. The maximum Gasteiger partial charge on any atom is 0.263 e. The van der Waals surface area contributed by atoms with Gasteiger partial charge >= 0.3 is 0 Å². The molecular formula is C13H12ClFN2O2S. The van der Waals surface area contributed by atoms with Crippen LogP contribution in [0.25, 0.3) is 0 Å². The van der Waals surface area contributed by atoms with E-state index >= 15 is 0 Å². The van der Waals surface area contributed by atoms with Gasteiger partial charge in [0.1, 0.15) is 10.7 Å². The summed E-state index contributed by atoms with van der Waals surface area (Å²) in [4.78, 5) is -0.0876. The summed E-state index contributed by atoms with van der Waals surface area (Å²) in [6.07, 6.45) is 0. The molecule has 2 rings (SSSR count). The molecule has 0 atom stereocenters. The smallest absolute Gasteiger partial charge is 0.263 e. The highest BCUT2D eigenvalue weighted by Crippen LogP contribution is 2.26. The summed E-state index contributed by atoms with van der Waals surface area (Å²) in [5.74, 6) is -0.404. The van der Waals surface area contributed by atoms with Crippen LogP contribution in [0.5, 0.6) is 0 Å². The Bertz CT molecular complexity index is 763. The number of anilines is 2. The highest BCUT2D eigenvalue weighted by atomic mass is 35.5. The molecule has 0 aliphatic rings. The van der Waals surface area contributed by atoms with Crippen LogP contribution in [0.4, 0.5) is 15.8 Å². The number of rotatable bonds is 3. The Kier molecular flexibility index (Phi) is 3.87. The summed E-state index contributed by atoms with van der Waals surface area (Å²) in [6, 6.07) is 8.04. The van der Waals surface area contributed by atoms with Crippen LogP contribution >= 0.6 is 11.6 Å². The number of aryl methyl sites for hydroxylation is 1. The standard InChI is InChI=1S/C13H12ClFN2O2S/c1-8-6-10(3-4-12(8)15)17-20(18,19)13-5-2-9(16)7-11(13)14/h2-7,17H,16H2,1H3. The Hall–Kier alpha value is -1.79. The first-order valence-electron chi connectivity index (χ1n) is 5.63. The highest BCUT2D eigenvalue weighted by molar-refractivity contribution is 7.92. The summed E-state index contributed by atoms with van der Waals surface area (Å²) < 4.78 is 39.9. The van der Waals surface area contributed by atoms with E-state index in [1.165, 1.54) is 36.4 Å². The third-order valence-electron chi connectivity index (χ3n) is 2.66. The number of benzene rings is 2. The molecule has 0 amide bonds. The van der Waals surface area contributed by atoms with Crippen molar-refractivity contribution in [1.29, 1.82) is 0 Å². The van der Waals surface area contributed by atoms with Gasteiger partial charge in [-0.2, -0.15) is 0 Å². The summed E-state index contributed by atoms with van der Waals surface area (Å²) in [5, 5.41) is 0.0244. The largest absolute Gasteiger partial charge is 0.399 e. The molecule has 0 saturated heterocycles. The monoisotopic (exact) mass is 314 g/mol. The number of nitrogens with two attached hydrogens (primary N) is 1. The molecule has 0 heterocycles. The average Bonchev–Trinajstić information content (AvgIpc) is 2.33. The third-order valence-corrected chi connectivity index (χ3v) is 4.52. The SMILES string of the molecule is Cc1cc(NS(=O)(=O)c2ccc(N)cc2Cl)ccc1F. The quantitative estimate of drug-likeness (QED) is 0.855. The number of sulfonamides is 1. The van der Waals surface area contributed by atoms with E-state index in [1.807, 2.05) is 0 Å². The van der Waals surface area contributed by atoms with Crippen LogP contribution in [0.15, 0.2) is 41.3 Å². The lowest BCUT2D eigenvalue weighted by atomic mass is 10.2. The van der Waals surface area contributed by atoms with Crippen LogP contribution in [-0.2, 0) is 10.0 Å². The molecule has 0 spiro atoms. The predicted octanol–water partition coefficient (Wildman–Crippen LogP) is 3.17. The van der Waals surface area contributed by atoms with Gasteiger partial charge in [-0.05, 0) is 48.9 Å². The second kappa shape index (κ2) is 5.30. The van der Waals surface area contributed by atoms with Gasteiger partial charge in [-0.1, -0.05) is 11.6 Å². The van der Waals surface area contributed by atoms with E-state index < -0.39 is 15.8 Å². The number of halogens is 2. The fraction of sp³-hybridized carbons (Fsp3) is 0.0769. The molecule has 20 heavy (non-hydrogen) atoms. The number of nitrogen functional groups attached to an aromatic ring is 1. The zero-order chi connectivity index (χ0) is 14.9. The number of nitrogens with one attached hydrogen (secondary N) is 1. The van der Waals surface area contributed by atoms with Gasteiger partial charge in [0.15, 0.2) is 0 Å². The van der Waals surface area contributed by atoms with Crippen molar-refractivity contribution in [2.45, 2.75) is 11.8 Å². The fourth-order valence-corrected chi connectivity index (χ4v) is 3.26. The molecule has 0 unspecified atom stereocenters. The molecule has 7 heteroatoms. The summed E-state index contributed by atoms with van der Waals surface area (Å²) in [5.41, 5.74) is 6.49. The van der Waals surface area contributed by atoms with Crippen LogP contribution in [0.1, 0.15) is 5.56 Å². The summed E-state index contributed by atoms with van der Waals surface area (Å²) in [6.45, 7) is 1.54. The van der Waals surface area contributed by atoms with Gasteiger partial charge in [-0.25, -0.2) is 12.8 Å². The van der Waals surface area contributed by atoms with Gasteiger partial charge in [0, 0.05) is 11.4 Å². The summed E-state index contributed by atoms with van der Waals surface area (Å²) in [7, 11) is -3.85. The highest BCUT2D eigenvalue weighted by Gasteiger charge is 2.18. The van der Waals surface area contributed by atoms with E-state index in [0.29, 0.717) is 11.3 Å². The molecule has 2 aromatic rings. The van der Waals surface area contributed by atoms with Crippen molar-refractivity contribution in [1.82, 2.24) is 0 Å². The minimum Gasteiger partial charge on any atom is -0.399 e. The van der Waals surface area contributed by atoms with Crippen LogP contribution < -0.4 is 10.5 Å². The average molecular weight is 315 g/mol. The van der Waals surface area contributed by atoms with Crippen molar-refractivity contribution < 1.29 is 12.8 Å². The van der Waals surface area contributed by atoms with Crippen molar-refractivity contribution in [3.05, 3.63) is 52.8 Å². The maximum absolute atomic E-state index is 13.2. The Labute approximate surface area is 121 Å². The Morgan fingerprint density at radius 3 is 2.50 bits per heavy atom. The molecule has 0 radical (unpaired) electrons. The van der Waals surface area contributed by atoms with Crippen LogP contribution in [0, 0.1) is 12.7 Å². The maximum atomic E-state index is 13.2. The first kappa shape index (κ1) is 14.6. The molecule has 0 bridgehead atoms. The van der Waals surface area contributed by atoms with Gasteiger partial charge in [0.05, 0.1) is 5.02 Å². The van der Waals surface area contributed by atoms with E-state index in [9.17, 15) is 12.8 Å². The topological polar surface area (TPSA) is 72.2 Å². The Morgan fingerprint density at radius 2 is 1.90 bits per heavy atom. The minimum atomic E-state index is -3.85. The van der Waals surface area contributed by atoms with Gasteiger partial charge in [0.2, 0.25) is 0 Å². The molecule has 0 aliphatic heterocycles. The predicted molar refractivity (Wildman–Crippen MR) is 77.8 cm³/mol. The van der Waals surface area contributed by atoms with Crippen LogP contribution in [-0.4, -0.2) is 8.42 Å². The molecule has 0 aliphatic carbocycles. The first-order valence-corrected chi connectivity index (χ1v) is 7.50. The summed E-state index contributed by atoms with van der Waals surface area (Å²) >= 11 is 5.88. The first-order chi connectivity index (χ1) is 9.29. The molecule has 3 N–H and O–H groups in total. The van der Waals surface area contributed by atoms with Gasteiger partial charge in [0.25, 0.3) is 10.0 Å². The van der Waals surface area contributed by atoms with E-state index in [2.05, 4.69) is 4.72 Å². The zero-order valence-corrected chi connectivity index (χ0v) is 12.1. The van der Waals surface area contributed by atoms with E-state index in [-0.39, 0.29) is 15.6 Å². The Morgan fingerprint density at radius 1 is 1.20 bits per heavy atom. The third kappa shape index (κ3) is 3.02. The molecule has 0 aromatic heterocycles. The van der Waals surface area contributed by atoms with Crippen molar-refractivity contribution in [3.8, 4) is 0 Å². The molecule has 0 saturated carbocycles. The van der Waals surface area contributed by atoms with Crippen molar-refractivity contribution in [3.63, 3.8) is 0 Å². The second-order valence-electron chi connectivity index (χ2n) is 4.26. The van der Waals surface area contributed by atoms with Crippen LogP contribution in [0.2, 0.25) is 5.02 Å². The second-order valence-corrected chi connectivity index (χ2v) is 6.32. The zero-order valence-electron chi connectivity index (χ0n) is 10.5. The van der Waals surface area contributed by atoms with Gasteiger partial charge in [-0.15, -0.1) is 0 Å². The van der Waals surface area contributed by atoms with Crippen molar-refractivity contribution in [2.75, 3.05) is 10.5 Å². The molecule has 2 aromatic carbocycles. The molecule has 106 valence electrons. The minimum absolute atomic E-state index is 0.0244. The van der Waals surface area contributed by atoms with Gasteiger partial charge in [-0.3, -0.25) is 4.72 Å². The van der Waals surface area contributed by atoms with Crippen molar-refractivity contribution in [2.24, 2.45) is 0 Å². The molecule has 4 nitrogen and oxygen atoms in total.